The molecule has 0 radical (unpaired) electrons. The normalized spacial score (nSPS) is 14.2. The largest absolute Gasteiger partial charge is 0.356 e. The third kappa shape index (κ3) is 3.31. The Morgan fingerprint density at radius 1 is 1.18 bits per heavy atom. The summed E-state index contributed by atoms with van der Waals surface area (Å²) in [5.41, 5.74) is 3.41. The van der Waals surface area contributed by atoms with Crippen LogP contribution in [0.25, 0.3) is 22.8 Å². The molecular formula is C21H18F2N4O. The zero-order chi connectivity index (χ0) is 19.7. The number of fused-ring (bicyclic) bond motifs is 1. The van der Waals surface area contributed by atoms with Crippen LogP contribution in [0, 0.1) is 0 Å². The molecule has 1 amide bonds. The number of carbonyl (C=O) groups is 1. The van der Waals surface area contributed by atoms with E-state index in [2.05, 4.69) is 20.3 Å². The maximum Gasteiger partial charge on any atom is 0.291 e. The van der Waals surface area contributed by atoms with Crippen molar-refractivity contribution >= 4 is 5.91 Å². The lowest BCUT2D eigenvalue weighted by atomic mass is 10.1. The molecule has 3 heterocycles. The van der Waals surface area contributed by atoms with Crippen molar-refractivity contribution in [2.24, 2.45) is 0 Å². The van der Waals surface area contributed by atoms with E-state index in [1.807, 2.05) is 0 Å². The van der Waals surface area contributed by atoms with Crippen LogP contribution in [0.2, 0.25) is 0 Å². The van der Waals surface area contributed by atoms with Gasteiger partial charge < -0.3 is 10.3 Å². The van der Waals surface area contributed by atoms with Gasteiger partial charge in [0.1, 0.15) is 0 Å². The van der Waals surface area contributed by atoms with Gasteiger partial charge in [0.2, 0.25) is 0 Å². The van der Waals surface area contributed by atoms with E-state index in [1.54, 1.807) is 37.4 Å². The molecule has 1 aromatic carbocycles. The number of nitrogens with one attached hydrogen (secondary N) is 2. The number of nitrogens with zero attached hydrogens (tertiary/aromatic N) is 2. The van der Waals surface area contributed by atoms with Gasteiger partial charge in [-0.3, -0.25) is 4.79 Å². The van der Waals surface area contributed by atoms with Crippen molar-refractivity contribution in [2.45, 2.75) is 19.3 Å². The second-order valence-corrected chi connectivity index (χ2v) is 6.55. The molecule has 0 saturated carbocycles. The highest BCUT2D eigenvalue weighted by Crippen LogP contribution is 2.31. The molecule has 142 valence electrons. The first-order valence-corrected chi connectivity index (χ1v) is 8.94. The van der Waals surface area contributed by atoms with E-state index in [1.165, 1.54) is 18.2 Å². The van der Waals surface area contributed by atoms with E-state index in [4.69, 9.17) is 0 Å². The van der Waals surface area contributed by atoms with Crippen LogP contribution in [0.5, 0.6) is 0 Å². The number of hydrogen-bond acceptors (Lipinski definition) is 3. The topological polar surface area (TPSA) is 70.7 Å². The highest BCUT2D eigenvalue weighted by Gasteiger charge is 2.27. The smallest absolute Gasteiger partial charge is 0.291 e. The molecule has 0 atom stereocenters. The van der Waals surface area contributed by atoms with Crippen molar-refractivity contribution in [2.75, 3.05) is 6.54 Å². The van der Waals surface area contributed by atoms with Crippen LogP contribution in [0.4, 0.5) is 8.78 Å². The molecule has 2 aromatic heterocycles. The van der Waals surface area contributed by atoms with Gasteiger partial charge in [-0.05, 0) is 25.1 Å². The SMILES string of the molecule is C/C=C/C(F)(F)c1ccc(-c2nccc(-c3cc4c([nH]3)CCNC4=O)n2)cc1. The molecule has 4 rings (SSSR count). The fraction of sp³-hybridized carbons (Fsp3) is 0.190. The van der Waals surface area contributed by atoms with Gasteiger partial charge in [0.15, 0.2) is 5.82 Å². The van der Waals surface area contributed by atoms with Gasteiger partial charge in [0.05, 0.1) is 17.0 Å². The van der Waals surface area contributed by atoms with Crippen LogP contribution in [0.3, 0.4) is 0 Å². The van der Waals surface area contributed by atoms with Crippen LogP contribution in [-0.2, 0) is 12.3 Å². The van der Waals surface area contributed by atoms with E-state index in [-0.39, 0.29) is 11.5 Å². The zero-order valence-corrected chi connectivity index (χ0v) is 15.2. The molecule has 0 fully saturated rings. The number of aromatic nitrogens is 3. The fourth-order valence-corrected chi connectivity index (χ4v) is 3.23. The number of aromatic amines is 1. The van der Waals surface area contributed by atoms with Gasteiger partial charge >= 0.3 is 0 Å². The molecule has 1 aliphatic rings. The summed E-state index contributed by atoms with van der Waals surface area (Å²) < 4.78 is 27.9. The number of alkyl halides is 2. The second-order valence-electron chi connectivity index (χ2n) is 6.55. The molecule has 0 bridgehead atoms. The van der Waals surface area contributed by atoms with Crippen LogP contribution in [0.15, 0.2) is 54.7 Å². The fourth-order valence-electron chi connectivity index (χ4n) is 3.23. The molecule has 1 aliphatic heterocycles. The quantitative estimate of drug-likeness (QED) is 0.670. The number of halogens is 2. The van der Waals surface area contributed by atoms with Crippen molar-refractivity contribution in [3.05, 3.63) is 71.6 Å². The Labute approximate surface area is 160 Å². The van der Waals surface area contributed by atoms with Gasteiger partial charge in [-0.15, -0.1) is 0 Å². The van der Waals surface area contributed by atoms with Crippen molar-refractivity contribution < 1.29 is 13.6 Å². The molecule has 5 nitrogen and oxygen atoms in total. The van der Waals surface area contributed by atoms with E-state index in [0.29, 0.717) is 29.2 Å². The Morgan fingerprint density at radius 2 is 1.96 bits per heavy atom. The summed E-state index contributed by atoms with van der Waals surface area (Å²) in [6, 6.07) is 9.44. The molecule has 0 saturated heterocycles. The van der Waals surface area contributed by atoms with E-state index in [9.17, 15) is 13.6 Å². The molecule has 28 heavy (non-hydrogen) atoms. The van der Waals surface area contributed by atoms with Crippen LogP contribution >= 0.6 is 0 Å². The molecule has 3 aromatic rings. The Morgan fingerprint density at radius 3 is 2.68 bits per heavy atom. The van der Waals surface area contributed by atoms with E-state index in [0.717, 1.165) is 23.9 Å². The summed E-state index contributed by atoms with van der Waals surface area (Å²) in [5, 5.41) is 2.81. The molecule has 2 N–H and O–H groups in total. The van der Waals surface area contributed by atoms with Crippen LogP contribution in [0.1, 0.15) is 28.5 Å². The summed E-state index contributed by atoms with van der Waals surface area (Å²) in [5.74, 6) is -2.69. The third-order valence-corrected chi connectivity index (χ3v) is 4.64. The minimum Gasteiger partial charge on any atom is -0.356 e. The second kappa shape index (κ2) is 6.99. The first-order valence-electron chi connectivity index (χ1n) is 8.94. The lowest BCUT2D eigenvalue weighted by molar-refractivity contribution is 0.0520. The molecular weight excluding hydrogens is 362 g/mol. The first-order chi connectivity index (χ1) is 13.5. The number of hydrogen-bond donors (Lipinski definition) is 2. The number of H-pyrrole nitrogens is 1. The van der Waals surface area contributed by atoms with Crippen molar-refractivity contribution in [1.82, 2.24) is 20.3 Å². The number of benzene rings is 1. The highest BCUT2D eigenvalue weighted by molar-refractivity contribution is 5.97. The van der Waals surface area contributed by atoms with Crippen molar-refractivity contribution in [3.63, 3.8) is 0 Å². The average molecular weight is 380 g/mol. The number of carbonyl (C=O) groups excluding carboxylic acids is 1. The summed E-state index contributed by atoms with van der Waals surface area (Å²) in [6.45, 7) is 2.16. The van der Waals surface area contributed by atoms with Crippen molar-refractivity contribution in [1.29, 1.82) is 0 Å². The average Bonchev–Trinajstić information content (AvgIpc) is 3.14. The van der Waals surface area contributed by atoms with Gasteiger partial charge in [-0.2, -0.15) is 8.78 Å². The first kappa shape index (κ1) is 18.0. The van der Waals surface area contributed by atoms with E-state index < -0.39 is 5.92 Å². The van der Waals surface area contributed by atoms with Crippen molar-refractivity contribution in [3.8, 4) is 22.8 Å². The summed E-state index contributed by atoms with van der Waals surface area (Å²) >= 11 is 0. The molecule has 0 unspecified atom stereocenters. The maximum absolute atomic E-state index is 14.0. The molecule has 0 spiro atoms. The summed E-state index contributed by atoms with van der Waals surface area (Å²) in [6.07, 6.45) is 4.54. The zero-order valence-electron chi connectivity index (χ0n) is 15.2. The summed E-state index contributed by atoms with van der Waals surface area (Å²) in [4.78, 5) is 24.0. The minimum absolute atomic E-state index is 0.0893. The predicted molar refractivity (Wildman–Crippen MR) is 102 cm³/mol. The molecule has 0 aliphatic carbocycles. The van der Waals surface area contributed by atoms with Gasteiger partial charge in [-0.1, -0.05) is 30.3 Å². The lowest BCUT2D eigenvalue weighted by Gasteiger charge is -2.12. The highest BCUT2D eigenvalue weighted by atomic mass is 19.3. The maximum atomic E-state index is 14.0. The van der Waals surface area contributed by atoms with Gasteiger partial charge in [0, 0.05) is 36.0 Å². The Bertz CT molecular complexity index is 1050. The number of rotatable bonds is 4. The number of allylic oxidation sites excluding steroid dienone is 2. The third-order valence-electron chi connectivity index (χ3n) is 4.64. The Balaban J connectivity index is 1.65. The van der Waals surface area contributed by atoms with Gasteiger partial charge in [0.25, 0.3) is 11.8 Å². The van der Waals surface area contributed by atoms with E-state index >= 15 is 0 Å². The Hall–Kier alpha value is -3.35. The van der Waals surface area contributed by atoms with Crippen LogP contribution < -0.4 is 5.32 Å². The standard InChI is InChI=1S/C21H18F2N4O/c1-2-9-21(22,23)14-5-3-13(4-6-14)19-24-10-8-17(27-19)18-12-15-16(26-18)7-11-25-20(15)28/h2-6,8-10,12,26H,7,11H2,1H3,(H,25,28)/b9-2+. The molecule has 7 heteroatoms. The minimum atomic E-state index is -3.01. The van der Waals surface area contributed by atoms with Crippen LogP contribution in [-0.4, -0.2) is 27.4 Å². The Kier molecular flexibility index (Phi) is 4.50. The summed E-state index contributed by atoms with van der Waals surface area (Å²) in [7, 11) is 0. The monoisotopic (exact) mass is 380 g/mol. The lowest BCUT2D eigenvalue weighted by Crippen LogP contribution is -2.31. The number of amides is 1. The van der Waals surface area contributed by atoms with Gasteiger partial charge in [-0.25, -0.2) is 9.97 Å². The predicted octanol–water partition coefficient (Wildman–Crippen LogP) is 4.09.